The van der Waals surface area contributed by atoms with Crippen LogP contribution in [0.5, 0.6) is 5.75 Å². The fourth-order valence-corrected chi connectivity index (χ4v) is 3.67. The van der Waals surface area contributed by atoms with E-state index < -0.39 is 28.5 Å². The van der Waals surface area contributed by atoms with Crippen molar-refractivity contribution in [1.82, 2.24) is 4.98 Å². The average molecular weight is 422 g/mol. The molecule has 0 fully saturated rings. The number of ketones is 2. The molecule has 0 unspecified atom stereocenters. The van der Waals surface area contributed by atoms with Crippen molar-refractivity contribution < 1.29 is 23.7 Å². The molecule has 0 radical (unpaired) electrons. The Balaban J connectivity index is 1.74. The number of carbonyl (C=O) groups is 2. The summed E-state index contributed by atoms with van der Waals surface area (Å²) in [6.07, 6.45) is 7.00. The summed E-state index contributed by atoms with van der Waals surface area (Å²) < 4.78 is 6.69. The van der Waals surface area contributed by atoms with Crippen molar-refractivity contribution in [2.24, 2.45) is 0 Å². The Labute approximate surface area is 181 Å². The molecule has 7 nitrogen and oxygen atoms in total. The molecule has 0 aliphatic heterocycles. The summed E-state index contributed by atoms with van der Waals surface area (Å²) in [5.41, 5.74) is -0.153. The van der Waals surface area contributed by atoms with Crippen LogP contribution in [0, 0.1) is 0 Å². The van der Waals surface area contributed by atoms with E-state index in [-0.39, 0.29) is 22.2 Å². The van der Waals surface area contributed by atoms with E-state index in [4.69, 9.17) is 4.42 Å². The quantitative estimate of drug-likeness (QED) is 0.285. The molecule has 1 aromatic carbocycles. The lowest BCUT2D eigenvalue weighted by atomic mass is 9.92. The highest BCUT2D eigenvalue weighted by Gasteiger charge is 2.34. The molecule has 5 rings (SSSR count). The number of hydrogen-bond donors (Lipinski definition) is 0. The molecule has 1 aliphatic rings. The summed E-state index contributed by atoms with van der Waals surface area (Å²) in [4.78, 5) is 42.6. The summed E-state index contributed by atoms with van der Waals surface area (Å²) in [5.74, 6) is -1.80. The number of rotatable bonds is 3. The molecule has 1 aliphatic carbocycles. The zero-order chi connectivity index (χ0) is 22.2. The lowest BCUT2D eigenvalue weighted by Crippen LogP contribution is -2.39. The molecular weight excluding hydrogens is 408 g/mol. The van der Waals surface area contributed by atoms with Gasteiger partial charge in [-0.05, 0) is 30.4 Å². The van der Waals surface area contributed by atoms with Crippen molar-refractivity contribution in [3.63, 3.8) is 0 Å². The number of para-hydroxylation sites is 1. The van der Waals surface area contributed by atoms with Crippen LogP contribution in [0.2, 0.25) is 0 Å². The molecular formula is C25H14N2O5. The van der Waals surface area contributed by atoms with E-state index >= 15 is 0 Å². The highest BCUT2D eigenvalue weighted by Crippen LogP contribution is 2.32. The molecule has 3 heterocycles. The van der Waals surface area contributed by atoms with Crippen LogP contribution in [-0.2, 0) is 9.59 Å². The maximum atomic E-state index is 13.1. The number of fused-ring (bicyclic) bond motifs is 1. The minimum Gasteiger partial charge on any atom is -0.871 e. The second-order valence-electron chi connectivity index (χ2n) is 7.08. The zero-order valence-electron chi connectivity index (χ0n) is 16.5. The van der Waals surface area contributed by atoms with E-state index in [0.29, 0.717) is 0 Å². The lowest BCUT2D eigenvalue weighted by molar-refractivity contribution is -0.576. The van der Waals surface area contributed by atoms with E-state index in [1.54, 1.807) is 48.9 Å². The number of nitrogens with zero attached hydrogens (tertiary/aromatic N) is 2. The van der Waals surface area contributed by atoms with Gasteiger partial charge in [-0.2, -0.15) is 4.57 Å². The molecule has 154 valence electrons. The van der Waals surface area contributed by atoms with Crippen LogP contribution in [0.15, 0.2) is 94.6 Å². The van der Waals surface area contributed by atoms with Gasteiger partial charge >= 0.3 is 5.63 Å². The number of carbonyl (C=O) groups excluding carboxylic acids is 2. The fourth-order valence-electron chi connectivity index (χ4n) is 3.67. The highest BCUT2D eigenvalue weighted by molar-refractivity contribution is 6.44. The topological polar surface area (TPSA) is 104 Å². The summed E-state index contributed by atoms with van der Waals surface area (Å²) in [6, 6.07) is 15.2. The van der Waals surface area contributed by atoms with Gasteiger partial charge < -0.3 is 9.52 Å². The molecule has 0 amide bonds. The van der Waals surface area contributed by atoms with Crippen LogP contribution in [-0.4, -0.2) is 16.6 Å². The highest BCUT2D eigenvalue weighted by atomic mass is 16.4. The number of allylic oxidation sites excluding steroid dienone is 4. The van der Waals surface area contributed by atoms with Gasteiger partial charge in [0.15, 0.2) is 18.2 Å². The van der Waals surface area contributed by atoms with Gasteiger partial charge in [-0.15, -0.1) is 0 Å². The van der Waals surface area contributed by atoms with Crippen LogP contribution in [0.25, 0.3) is 33.5 Å². The molecule has 0 saturated heterocycles. The third kappa shape index (κ3) is 3.13. The first-order chi connectivity index (χ1) is 15.5. The van der Waals surface area contributed by atoms with Crippen molar-refractivity contribution in [3.05, 3.63) is 101 Å². The first-order valence-electron chi connectivity index (χ1n) is 9.72. The van der Waals surface area contributed by atoms with Crippen LogP contribution in [0.4, 0.5) is 0 Å². The summed E-state index contributed by atoms with van der Waals surface area (Å²) in [7, 11) is 0. The van der Waals surface area contributed by atoms with Crippen molar-refractivity contribution in [2.75, 3.05) is 0 Å². The first kappa shape index (κ1) is 19.3. The van der Waals surface area contributed by atoms with Gasteiger partial charge in [-0.1, -0.05) is 30.0 Å². The Hall–Kier alpha value is -4.65. The van der Waals surface area contributed by atoms with Crippen molar-refractivity contribution in [1.29, 1.82) is 0 Å². The van der Waals surface area contributed by atoms with Crippen LogP contribution < -0.4 is 15.3 Å². The largest absolute Gasteiger partial charge is 0.871 e. The van der Waals surface area contributed by atoms with E-state index in [0.717, 1.165) is 23.4 Å². The zero-order valence-corrected chi connectivity index (χ0v) is 16.5. The molecule has 0 atom stereocenters. The third-order valence-electron chi connectivity index (χ3n) is 5.17. The minimum atomic E-state index is -0.969. The van der Waals surface area contributed by atoms with Crippen molar-refractivity contribution >= 4 is 33.8 Å². The van der Waals surface area contributed by atoms with E-state index in [2.05, 4.69) is 4.98 Å². The maximum Gasteiger partial charge on any atom is 0.343 e. The van der Waals surface area contributed by atoms with Crippen molar-refractivity contribution in [2.45, 2.75) is 0 Å². The summed E-state index contributed by atoms with van der Waals surface area (Å²) >= 11 is 0. The van der Waals surface area contributed by atoms with Gasteiger partial charge in [0.2, 0.25) is 0 Å². The number of benzene rings is 1. The van der Waals surface area contributed by atoms with E-state index in [9.17, 15) is 19.5 Å². The van der Waals surface area contributed by atoms with Gasteiger partial charge in [-0.25, -0.2) is 4.79 Å². The van der Waals surface area contributed by atoms with Crippen LogP contribution in [0.3, 0.4) is 0 Å². The number of pyridine rings is 2. The van der Waals surface area contributed by atoms with Crippen molar-refractivity contribution in [3.8, 4) is 17.0 Å². The van der Waals surface area contributed by atoms with E-state index in [1.807, 2.05) is 12.1 Å². The van der Waals surface area contributed by atoms with Gasteiger partial charge in [0.05, 0.1) is 11.3 Å². The van der Waals surface area contributed by atoms with Gasteiger partial charge in [0, 0.05) is 29.3 Å². The molecule has 3 aromatic heterocycles. The van der Waals surface area contributed by atoms with Gasteiger partial charge in [0.25, 0.3) is 11.5 Å². The Bertz CT molecular complexity index is 1510. The molecule has 0 N–H and O–H groups in total. The Morgan fingerprint density at radius 2 is 1.56 bits per heavy atom. The van der Waals surface area contributed by atoms with Crippen LogP contribution in [0.1, 0.15) is 5.56 Å². The number of aromatic nitrogens is 2. The van der Waals surface area contributed by atoms with Crippen LogP contribution >= 0.6 is 0 Å². The molecule has 32 heavy (non-hydrogen) atoms. The lowest BCUT2D eigenvalue weighted by Gasteiger charge is -2.17. The monoisotopic (exact) mass is 422 g/mol. The fraction of sp³-hybridized carbons (Fsp3) is 0. The van der Waals surface area contributed by atoms with E-state index in [1.165, 1.54) is 16.7 Å². The molecule has 0 saturated carbocycles. The molecule has 4 aromatic rings. The number of hydrogen-bond acceptors (Lipinski definition) is 6. The smallest absolute Gasteiger partial charge is 0.343 e. The van der Waals surface area contributed by atoms with Gasteiger partial charge in [-0.3, -0.25) is 14.6 Å². The standard InChI is InChI=1S/C25H14N2O5/c28-18-8-9-19(29)23(27-13-10-15(11-14-27)17-6-3-4-12-26-17)21(18)22-24(30)16-5-1-2-7-20(16)32-25(22)31/h1-14H. The Morgan fingerprint density at radius 1 is 0.844 bits per heavy atom. The molecule has 7 heteroatoms. The summed E-state index contributed by atoms with van der Waals surface area (Å²) in [6.45, 7) is 0. The van der Waals surface area contributed by atoms with Gasteiger partial charge in [0.1, 0.15) is 11.2 Å². The average Bonchev–Trinajstić information content (AvgIpc) is 2.82. The second kappa shape index (κ2) is 7.55. The second-order valence-corrected chi connectivity index (χ2v) is 7.08. The predicted octanol–water partition coefficient (Wildman–Crippen LogP) is 2.29. The predicted molar refractivity (Wildman–Crippen MR) is 114 cm³/mol. The summed E-state index contributed by atoms with van der Waals surface area (Å²) in [5, 5.41) is 13.3. The normalized spacial score (nSPS) is 13.8. The minimum absolute atomic E-state index is 0.0928. The third-order valence-corrected chi connectivity index (χ3v) is 5.17. The Morgan fingerprint density at radius 3 is 2.31 bits per heavy atom. The Kier molecular flexibility index (Phi) is 4.56. The molecule has 0 spiro atoms. The SMILES string of the molecule is O=C1C=CC(=O)C([n+]2ccc(-c3ccccn3)cc2)=C1c1c([O-])c2ccccc2oc1=O. The molecule has 0 bridgehead atoms. The first-order valence-corrected chi connectivity index (χ1v) is 9.72. The maximum absolute atomic E-state index is 13.1.